The normalized spacial score (nSPS) is 13.4. The maximum absolute atomic E-state index is 13.1. The van der Waals surface area contributed by atoms with Crippen LogP contribution >= 0.6 is 0 Å². The topological polar surface area (TPSA) is 95.9 Å². The van der Waals surface area contributed by atoms with Crippen molar-refractivity contribution in [3.8, 4) is 0 Å². The van der Waals surface area contributed by atoms with Crippen LogP contribution in [0.3, 0.4) is 0 Å². The maximum atomic E-state index is 13.1. The summed E-state index contributed by atoms with van der Waals surface area (Å²) in [5.74, 6) is -0.487. The number of carbonyl (C=O) groups is 2. The molecule has 53 heavy (non-hydrogen) atoms. The summed E-state index contributed by atoms with van der Waals surface area (Å²) in [4.78, 5) is 25.9. The smallest absolute Gasteiger partial charge is 0.306 e. The van der Waals surface area contributed by atoms with E-state index in [1.54, 1.807) is 0 Å². The number of ether oxygens (including phenoxy) is 1. The Labute approximate surface area is 329 Å². The molecule has 3 N–H and O–H groups in total. The van der Waals surface area contributed by atoms with E-state index in [-0.39, 0.29) is 24.9 Å². The minimum absolute atomic E-state index is 0.0765. The molecule has 0 fully saturated rings. The van der Waals surface area contributed by atoms with E-state index in [0.717, 1.165) is 51.4 Å². The van der Waals surface area contributed by atoms with Gasteiger partial charge >= 0.3 is 5.97 Å². The molecular weight excluding hydrogens is 659 g/mol. The van der Waals surface area contributed by atoms with Gasteiger partial charge in [0.15, 0.2) is 0 Å². The van der Waals surface area contributed by atoms with Crippen LogP contribution in [0, 0.1) is 0 Å². The van der Waals surface area contributed by atoms with Gasteiger partial charge in [0.1, 0.15) is 6.10 Å². The number of aliphatic hydroxyl groups excluding tert-OH is 2. The maximum Gasteiger partial charge on any atom is 0.306 e. The molecule has 0 saturated heterocycles. The standard InChI is InChI=1S/C47H91NO5/c1-4-7-10-13-16-18-20-22-24-26-28-31-34-37-40-47(52)53-43(38-35-32-29-15-12-9-6-3)41-46(51)48-44(42-49)45(50)39-36-33-30-27-25-23-21-19-17-14-11-8-5-2/h24,26,43-45,49-50H,4-23,25,27-42H2,1-3H3,(H,48,51)/b26-24-. The van der Waals surface area contributed by atoms with Gasteiger partial charge in [-0.3, -0.25) is 9.59 Å². The summed E-state index contributed by atoms with van der Waals surface area (Å²) >= 11 is 0. The van der Waals surface area contributed by atoms with Gasteiger partial charge in [0.2, 0.25) is 5.91 Å². The van der Waals surface area contributed by atoms with E-state index in [2.05, 4.69) is 38.2 Å². The Kier molecular flexibility index (Phi) is 40.7. The first-order valence-electron chi connectivity index (χ1n) is 23.4. The van der Waals surface area contributed by atoms with Gasteiger partial charge in [0, 0.05) is 6.42 Å². The lowest BCUT2D eigenvalue weighted by Gasteiger charge is -2.24. The van der Waals surface area contributed by atoms with Gasteiger partial charge in [-0.25, -0.2) is 0 Å². The third-order valence-electron chi connectivity index (χ3n) is 10.8. The molecule has 0 saturated carbocycles. The molecule has 0 aromatic heterocycles. The molecule has 0 spiro atoms. The lowest BCUT2D eigenvalue weighted by Crippen LogP contribution is -2.46. The van der Waals surface area contributed by atoms with Crippen molar-refractivity contribution >= 4 is 11.9 Å². The summed E-state index contributed by atoms with van der Waals surface area (Å²) in [7, 11) is 0. The molecule has 0 heterocycles. The van der Waals surface area contributed by atoms with E-state index in [0.29, 0.717) is 19.3 Å². The van der Waals surface area contributed by atoms with Gasteiger partial charge in [0.25, 0.3) is 0 Å². The van der Waals surface area contributed by atoms with Crippen LogP contribution in [0.2, 0.25) is 0 Å². The van der Waals surface area contributed by atoms with Crippen LogP contribution in [0.25, 0.3) is 0 Å². The number of hydrogen-bond donors (Lipinski definition) is 3. The summed E-state index contributed by atoms with van der Waals surface area (Å²) < 4.78 is 5.87. The molecule has 1 amide bonds. The van der Waals surface area contributed by atoms with Crippen molar-refractivity contribution in [2.24, 2.45) is 0 Å². The first-order chi connectivity index (χ1) is 26.0. The highest BCUT2D eigenvalue weighted by molar-refractivity contribution is 5.77. The number of unbranched alkanes of at least 4 members (excludes halogenated alkanes) is 28. The fourth-order valence-corrected chi connectivity index (χ4v) is 7.25. The number of carbonyl (C=O) groups excluding carboxylic acids is 2. The Hall–Kier alpha value is -1.40. The number of nitrogens with one attached hydrogen (secondary N) is 1. The summed E-state index contributed by atoms with van der Waals surface area (Å²) in [6, 6.07) is -0.695. The van der Waals surface area contributed by atoms with Crippen LogP contribution < -0.4 is 5.32 Å². The molecule has 0 aromatic carbocycles. The SMILES string of the molecule is CCCCCCCCC/C=C\CCCCCC(=O)OC(CCCCCCCCC)CC(=O)NC(CO)C(O)CCCCCCCCCCCCCCC. The van der Waals surface area contributed by atoms with Gasteiger partial charge in [0.05, 0.1) is 25.2 Å². The first kappa shape index (κ1) is 51.6. The average Bonchev–Trinajstić information content (AvgIpc) is 3.15. The van der Waals surface area contributed by atoms with Crippen molar-refractivity contribution in [3.05, 3.63) is 12.2 Å². The molecular formula is C47H91NO5. The second-order valence-electron chi connectivity index (χ2n) is 16.2. The molecule has 3 unspecified atom stereocenters. The van der Waals surface area contributed by atoms with Crippen LogP contribution in [-0.2, 0) is 14.3 Å². The van der Waals surface area contributed by atoms with Crippen molar-refractivity contribution in [1.82, 2.24) is 5.32 Å². The van der Waals surface area contributed by atoms with Crippen molar-refractivity contribution in [1.29, 1.82) is 0 Å². The fraction of sp³-hybridized carbons (Fsp3) is 0.915. The van der Waals surface area contributed by atoms with Crippen molar-refractivity contribution < 1.29 is 24.5 Å². The van der Waals surface area contributed by atoms with E-state index in [1.165, 1.54) is 154 Å². The van der Waals surface area contributed by atoms with Gasteiger partial charge in [-0.15, -0.1) is 0 Å². The summed E-state index contributed by atoms with van der Waals surface area (Å²) in [5, 5.41) is 23.6. The Bertz CT molecular complexity index is 802. The number of amides is 1. The third-order valence-corrected chi connectivity index (χ3v) is 10.8. The average molecular weight is 750 g/mol. The number of hydrogen-bond acceptors (Lipinski definition) is 5. The molecule has 0 aromatic rings. The van der Waals surface area contributed by atoms with Crippen LogP contribution in [0.5, 0.6) is 0 Å². The number of aliphatic hydroxyl groups is 2. The zero-order valence-electron chi connectivity index (χ0n) is 35.7. The highest BCUT2D eigenvalue weighted by Crippen LogP contribution is 2.17. The number of esters is 1. The highest BCUT2D eigenvalue weighted by atomic mass is 16.5. The zero-order chi connectivity index (χ0) is 38.9. The summed E-state index contributed by atoms with van der Waals surface area (Å²) in [6.45, 7) is 6.44. The highest BCUT2D eigenvalue weighted by Gasteiger charge is 2.24. The molecule has 3 atom stereocenters. The monoisotopic (exact) mass is 750 g/mol. The third kappa shape index (κ3) is 37.3. The predicted molar refractivity (Wildman–Crippen MR) is 227 cm³/mol. The van der Waals surface area contributed by atoms with E-state index < -0.39 is 18.2 Å². The predicted octanol–water partition coefficient (Wildman–Crippen LogP) is 13.4. The van der Waals surface area contributed by atoms with Crippen LogP contribution in [0.4, 0.5) is 0 Å². The van der Waals surface area contributed by atoms with E-state index in [4.69, 9.17) is 4.74 Å². The van der Waals surface area contributed by atoms with Crippen LogP contribution in [0.15, 0.2) is 12.2 Å². The minimum Gasteiger partial charge on any atom is -0.462 e. The van der Waals surface area contributed by atoms with Gasteiger partial charge < -0.3 is 20.3 Å². The Morgan fingerprint density at radius 3 is 1.34 bits per heavy atom. The molecule has 0 radical (unpaired) electrons. The molecule has 0 aliphatic carbocycles. The van der Waals surface area contributed by atoms with E-state index in [9.17, 15) is 19.8 Å². The molecule has 0 aliphatic rings. The molecule has 0 aliphatic heterocycles. The van der Waals surface area contributed by atoms with Crippen molar-refractivity contribution in [2.45, 2.75) is 270 Å². The summed E-state index contributed by atoms with van der Waals surface area (Å²) in [5.41, 5.74) is 0. The van der Waals surface area contributed by atoms with Gasteiger partial charge in [-0.1, -0.05) is 200 Å². The van der Waals surface area contributed by atoms with Gasteiger partial charge in [-0.2, -0.15) is 0 Å². The minimum atomic E-state index is -0.782. The Balaban J connectivity index is 4.42. The molecule has 6 heteroatoms. The molecule has 6 nitrogen and oxygen atoms in total. The fourth-order valence-electron chi connectivity index (χ4n) is 7.25. The van der Waals surface area contributed by atoms with Crippen molar-refractivity contribution in [3.63, 3.8) is 0 Å². The van der Waals surface area contributed by atoms with Crippen molar-refractivity contribution in [2.75, 3.05) is 6.61 Å². The Morgan fingerprint density at radius 2 is 0.906 bits per heavy atom. The molecule has 314 valence electrons. The second-order valence-corrected chi connectivity index (χ2v) is 16.2. The van der Waals surface area contributed by atoms with Gasteiger partial charge in [-0.05, 0) is 51.4 Å². The lowest BCUT2D eigenvalue weighted by molar-refractivity contribution is -0.151. The van der Waals surface area contributed by atoms with Crippen LogP contribution in [-0.4, -0.2) is 46.9 Å². The number of rotatable bonds is 42. The Morgan fingerprint density at radius 1 is 0.528 bits per heavy atom. The van der Waals surface area contributed by atoms with Crippen LogP contribution in [0.1, 0.15) is 252 Å². The van der Waals surface area contributed by atoms with E-state index >= 15 is 0 Å². The zero-order valence-corrected chi connectivity index (χ0v) is 35.7. The number of allylic oxidation sites excluding steroid dienone is 2. The largest absolute Gasteiger partial charge is 0.462 e. The quantitative estimate of drug-likeness (QED) is 0.0328. The lowest BCUT2D eigenvalue weighted by atomic mass is 10.0. The molecule has 0 rings (SSSR count). The summed E-state index contributed by atoms with van der Waals surface area (Å²) in [6.07, 6.45) is 44.2. The first-order valence-corrected chi connectivity index (χ1v) is 23.4. The second kappa shape index (κ2) is 41.8. The molecule has 0 bridgehead atoms. The van der Waals surface area contributed by atoms with E-state index in [1.807, 2.05) is 0 Å².